The molecule has 2 rings (SSSR count). The zero-order valence-corrected chi connectivity index (χ0v) is 12.3. The summed E-state index contributed by atoms with van der Waals surface area (Å²) < 4.78 is 5.59. The van der Waals surface area contributed by atoms with Crippen LogP contribution >= 0.6 is 11.6 Å². The summed E-state index contributed by atoms with van der Waals surface area (Å²) in [6.07, 6.45) is 4.41. The number of carbonyl (C=O) groups is 1. The lowest BCUT2D eigenvalue weighted by atomic mass is 10.1. The lowest BCUT2D eigenvalue weighted by molar-refractivity contribution is -0.137. The highest BCUT2D eigenvalue weighted by Gasteiger charge is 2.11. The first-order valence-corrected chi connectivity index (χ1v) is 7.33. The van der Waals surface area contributed by atoms with E-state index in [-0.39, 0.29) is 6.42 Å². The summed E-state index contributed by atoms with van der Waals surface area (Å²) in [5.74, 6) is 0.279. The molecule has 0 unspecified atom stereocenters. The summed E-state index contributed by atoms with van der Waals surface area (Å²) in [6, 6.07) is 7.34. The summed E-state index contributed by atoms with van der Waals surface area (Å²) >= 11 is 6.08. The molecule has 0 radical (unpaired) electrons. The fourth-order valence-corrected chi connectivity index (χ4v) is 2.22. The first-order valence-electron chi connectivity index (χ1n) is 6.96. The average molecular weight is 309 g/mol. The van der Waals surface area contributed by atoms with E-state index in [1.54, 1.807) is 6.07 Å². The summed E-state index contributed by atoms with van der Waals surface area (Å²) in [6.45, 7) is 0. The lowest BCUT2D eigenvalue weighted by Crippen LogP contribution is -1.94. The second kappa shape index (κ2) is 7.78. The van der Waals surface area contributed by atoms with Crippen LogP contribution in [0.5, 0.6) is 0 Å². The van der Waals surface area contributed by atoms with Crippen molar-refractivity contribution < 1.29 is 14.3 Å². The largest absolute Gasteiger partial charge is 0.481 e. The van der Waals surface area contributed by atoms with Gasteiger partial charge in [0.05, 0.1) is 10.6 Å². The van der Waals surface area contributed by atoms with E-state index in [9.17, 15) is 4.79 Å². The Hall–Kier alpha value is -1.88. The number of aliphatic carboxylic acids is 1. The molecule has 112 valence electrons. The van der Waals surface area contributed by atoms with Gasteiger partial charge in [0.2, 0.25) is 11.8 Å². The molecule has 0 aliphatic carbocycles. The molecule has 0 spiro atoms. The van der Waals surface area contributed by atoms with Gasteiger partial charge in [0.25, 0.3) is 0 Å². The highest BCUT2D eigenvalue weighted by Crippen LogP contribution is 2.26. The maximum atomic E-state index is 10.4. The van der Waals surface area contributed by atoms with Crippen LogP contribution in [0.15, 0.2) is 28.7 Å². The molecule has 0 aliphatic rings. The Morgan fingerprint density at radius 1 is 1.14 bits per heavy atom. The fourth-order valence-electron chi connectivity index (χ4n) is 2.00. The number of hydrogen-bond donors (Lipinski definition) is 1. The second-order valence-corrected chi connectivity index (χ2v) is 5.20. The third-order valence-electron chi connectivity index (χ3n) is 3.10. The summed E-state index contributed by atoms with van der Waals surface area (Å²) in [5.41, 5.74) is 0.736. The Balaban J connectivity index is 1.79. The van der Waals surface area contributed by atoms with Crippen molar-refractivity contribution in [2.75, 3.05) is 0 Å². The van der Waals surface area contributed by atoms with Crippen LogP contribution in [-0.2, 0) is 11.2 Å². The van der Waals surface area contributed by atoms with E-state index >= 15 is 0 Å². The number of hydrogen-bond acceptors (Lipinski definition) is 4. The number of aryl methyl sites for hydroxylation is 1. The molecule has 0 saturated carbocycles. The van der Waals surface area contributed by atoms with Crippen molar-refractivity contribution in [1.29, 1.82) is 0 Å². The molecule has 1 N–H and O–H groups in total. The number of carboxylic acids is 1. The molecule has 0 bridgehead atoms. The number of benzene rings is 1. The summed E-state index contributed by atoms with van der Waals surface area (Å²) in [5, 5.41) is 17.1. The van der Waals surface area contributed by atoms with Crippen LogP contribution in [0.3, 0.4) is 0 Å². The van der Waals surface area contributed by atoms with Gasteiger partial charge in [-0.05, 0) is 25.0 Å². The molecule has 0 aliphatic heterocycles. The van der Waals surface area contributed by atoms with Crippen LogP contribution in [0.25, 0.3) is 11.5 Å². The van der Waals surface area contributed by atoms with E-state index in [2.05, 4.69) is 10.2 Å². The zero-order chi connectivity index (χ0) is 15.1. The highest BCUT2D eigenvalue weighted by molar-refractivity contribution is 6.33. The fraction of sp³-hybridized carbons (Fsp3) is 0.400. The van der Waals surface area contributed by atoms with Crippen molar-refractivity contribution in [2.45, 2.75) is 38.5 Å². The molecule has 1 heterocycles. The molecule has 21 heavy (non-hydrogen) atoms. The smallest absolute Gasteiger partial charge is 0.303 e. The molecule has 2 aromatic rings. The first-order chi connectivity index (χ1) is 10.2. The number of halogens is 1. The molecule has 0 atom stereocenters. The van der Waals surface area contributed by atoms with Crippen molar-refractivity contribution in [1.82, 2.24) is 10.2 Å². The van der Waals surface area contributed by atoms with Gasteiger partial charge in [-0.25, -0.2) is 0 Å². The van der Waals surface area contributed by atoms with Crippen LogP contribution in [0.1, 0.15) is 38.0 Å². The lowest BCUT2D eigenvalue weighted by Gasteiger charge is -1.98. The Bertz CT molecular complexity index is 598. The van der Waals surface area contributed by atoms with Gasteiger partial charge in [-0.2, -0.15) is 0 Å². The van der Waals surface area contributed by atoms with Gasteiger partial charge >= 0.3 is 5.97 Å². The maximum absolute atomic E-state index is 10.4. The number of unbranched alkanes of at least 4 members (excludes halogenated alkanes) is 3. The SMILES string of the molecule is O=C(O)CCCCCCc1nnc(-c2ccccc2Cl)o1. The van der Waals surface area contributed by atoms with Gasteiger partial charge in [0.1, 0.15) is 0 Å². The van der Waals surface area contributed by atoms with Gasteiger partial charge in [0.15, 0.2) is 0 Å². The number of rotatable bonds is 8. The normalized spacial score (nSPS) is 10.7. The van der Waals surface area contributed by atoms with Crippen LogP contribution in [0.2, 0.25) is 5.02 Å². The van der Waals surface area contributed by atoms with Crippen molar-refractivity contribution in [2.24, 2.45) is 0 Å². The van der Waals surface area contributed by atoms with Gasteiger partial charge in [-0.15, -0.1) is 10.2 Å². The Labute approximate surface area is 128 Å². The molecule has 6 heteroatoms. The Kier molecular flexibility index (Phi) is 5.75. The van der Waals surface area contributed by atoms with Crippen molar-refractivity contribution >= 4 is 17.6 Å². The molecule has 0 amide bonds. The second-order valence-electron chi connectivity index (χ2n) is 4.79. The van der Waals surface area contributed by atoms with E-state index in [0.717, 1.165) is 24.8 Å². The predicted octanol–water partition coefficient (Wildman–Crippen LogP) is 3.97. The van der Waals surface area contributed by atoms with E-state index in [4.69, 9.17) is 21.1 Å². The highest BCUT2D eigenvalue weighted by atomic mass is 35.5. The van der Waals surface area contributed by atoms with E-state index < -0.39 is 5.97 Å². The zero-order valence-electron chi connectivity index (χ0n) is 11.6. The molecule has 1 aromatic heterocycles. The van der Waals surface area contributed by atoms with Gasteiger partial charge in [0, 0.05) is 12.8 Å². The average Bonchev–Trinajstić information content (AvgIpc) is 2.91. The molecule has 0 fully saturated rings. The molecular weight excluding hydrogens is 292 g/mol. The van der Waals surface area contributed by atoms with E-state index in [1.165, 1.54) is 0 Å². The van der Waals surface area contributed by atoms with Crippen LogP contribution < -0.4 is 0 Å². The van der Waals surface area contributed by atoms with Gasteiger partial charge in [-0.1, -0.05) is 36.6 Å². The van der Waals surface area contributed by atoms with Crippen LogP contribution in [0, 0.1) is 0 Å². The first kappa shape index (κ1) is 15.5. The van der Waals surface area contributed by atoms with Crippen molar-refractivity contribution in [3.05, 3.63) is 35.2 Å². The van der Waals surface area contributed by atoms with Crippen molar-refractivity contribution in [3.8, 4) is 11.5 Å². The van der Waals surface area contributed by atoms with Crippen molar-refractivity contribution in [3.63, 3.8) is 0 Å². The minimum Gasteiger partial charge on any atom is -0.481 e. The molecular formula is C15H17ClN2O3. The number of aromatic nitrogens is 2. The quantitative estimate of drug-likeness (QED) is 0.747. The predicted molar refractivity (Wildman–Crippen MR) is 79.2 cm³/mol. The molecule has 5 nitrogen and oxygen atoms in total. The Morgan fingerprint density at radius 2 is 1.90 bits per heavy atom. The monoisotopic (exact) mass is 308 g/mol. The van der Waals surface area contributed by atoms with E-state index in [1.807, 2.05) is 18.2 Å². The van der Waals surface area contributed by atoms with E-state index in [0.29, 0.717) is 29.6 Å². The van der Waals surface area contributed by atoms with Crippen LogP contribution in [0.4, 0.5) is 0 Å². The number of nitrogens with zero attached hydrogens (tertiary/aromatic N) is 2. The Morgan fingerprint density at radius 3 is 2.67 bits per heavy atom. The van der Waals surface area contributed by atoms with Crippen LogP contribution in [-0.4, -0.2) is 21.3 Å². The summed E-state index contributed by atoms with van der Waals surface area (Å²) in [7, 11) is 0. The van der Waals surface area contributed by atoms with Gasteiger partial charge < -0.3 is 9.52 Å². The molecule has 0 saturated heterocycles. The maximum Gasteiger partial charge on any atom is 0.303 e. The number of carboxylic acid groups (broad SMARTS) is 1. The standard InChI is InChI=1S/C15H17ClN2O3/c16-12-8-6-5-7-11(12)15-18-17-13(21-15)9-3-1-2-4-10-14(19)20/h5-8H,1-4,9-10H2,(H,19,20). The third kappa shape index (κ3) is 4.86. The third-order valence-corrected chi connectivity index (χ3v) is 3.43. The minimum absolute atomic E-state index is 0.233. The molecule has 1 aromatic carbocycles. The topological polar surface area (TPSA) is 76.2 Å². The summed E-state index contributed by atoms with van der Waals surface area (Å²) in [4.78, 5) is 10.4. The van der Waals surface area contributed by atoms with Gasteiger partial charge in [-0.3, -0.25) is 4.79 Å². The minimum atomic E-state index is -0.740.